The smallest absolute Gasteiger partial charge is 0.300 e. The van der Waals surface area contributed by atoms with E-state index in [-0.39, 0.29) is 0 Å². The van der Waals surface area contributed by atoms with E-state index in [1.807, 2.05) is 5.43 Å². The largest absolute Gasteiger partial charge is 0.382 e. The molecular formula is C9H5ClF2N6O2. The second kappa shape index (κ2) is 5.89. The van der Waals surface area contributed by atoms with Crippen molar-refractivity contribution in [2.45, 2.75) is 0 Å². The molecule has 0 radical (unpaired) electrons. The molecule has 0 spiro atoms. The number of nitriles is 1. The van der Waals surface area contributed by atoms with Gasteiger partial charge in [-0.15, -0.1) is 0 Å². The molecule has 0 heterocycles. The molecular weight excluding hydrogens is 298 g/mol. The standard InChI is InChI=1S/C9H5ClF2N6O2/c10-6-3(11)1-5(18(19)20)8(7(6)12)17-16-4(2-13)9(14)15/h1,17H,(H3,14,15)/b16-4+. The van der Waals surface area contributed by atoms with Crippen molar-refractivity contribution in [3.05, 3.63) is 32.8 Å². The van der Waals surface area contributed by atoms with Crippen LogP contribution in [0.1, 0.15) is 0 Å². The van der Waals surface area contributed by atoms with Crippen LogP contribution in [0, 0.1) is 38.5 Å². The predicted molar refractivity (Wildman–Crippen MR) is 66.6 cm³/mol. The van der Waals surface area contributed by atoms with E-state index in [1.165, 1.54) is 6.07 Å². The number of nitro benzene ring substituents is 1. The highest BCUT2D eigenvalue weighted by molar-refractivity contribution is 6.45. The number of halogens is 3. The quantitative estimate of drug-likeness (QED) is 0.255. The molecule has 20 heavy (non-hydrogen) atoms. The Morgan fingerprint density at radius 2 is 2.25 bits per heavy atom. The number of nitrogens with one attached hydrogen (secondary N) is 2. The molecule has 0 saturated heterocycles. The van der Waals surface area contributed by atoms with Crippen LogP contribution in [0.4, 0.5) is 20.2 Å². The number of hydrogen-bond donors (Lipinski definition) is 3. The number of hydrogen-bond acceptors (Lipinski definition) is 6. The first kappa shape index (κ1) is 15.3. The summed E-state index contributed by atoms with van der Waals surface area (Å²) in [6, 6.07) is 1.80. The van der Waals surface area contributed by atoms with E-state index >= 15 is 0 Å². The Morgan fingerprint density at radius 1 is 1.65 bits per heavy atom. The minimum atomic E-state index is -1.46. The zero-order valence-electron chi connectivity index (χ0n) is 9.45. The van der Waals surface area contributed by atoms with Gasteiger partial charge in [0.15, 0.2) is 23.2 Å². The van der Waals surface area contributed by atoms with Gasteiger partial charge in [0.05, 0.1) is 11.0 Å². The van der Waals surface area contributed by atoms with Crippen molar-refractivity contribution in [1.82, 2.24) is 0 Å². The molecule has 0 fully saturated rings. The van der Waals surface area contributed by atoms with Crippen molar-refractivity contribution >= 4 is 34.5 Å². The van der Waals surface area contributed by atoms with Gasteiger partial charge in [-0.2, -0.15) is 10.4 Å². The van der Waals surface area contributed by atoms with Crippen LogP contribution >= 0.6 is 11.6 Å². The molecule has 0 aromatic heterocycles. The number of amidine groups is 1. The Morgan fingerprint density at radius 3 is 2.70 bits per heavy atom. The molecule has 0 saturated carbocycles. The molecule has 4 N–H and O–H groups in total. The molecule has 0 aliphatic rings. The summed E-state index contributed by atoms with van der Waals surface area (Å²) in [5, 5.41) is 28.5. The molecule has 1 aromatic rings. The van der Waals surface area contributed by atoms with Crippen LogP contribution in [0.5, 0.6) is 0 Å². The number of nitrogens with two attached hydrogens (primary N) is 1. The van der Waals surface area contributed by atoms with Gasteiger partial charge >= 0.3 is 0 Å². The third-order valence-corrected chi connectivity index (χ3v) is 2.33. The zero-order valence-corrected chi connectivity index (χ0v) is 10.2. The van der Waals surface area contributed by atoms with Gasteiger partial charge < -0.3 is 5.73 Å². The maximum Gasteiger partial charge on any atom is 0.300 e. The molecule has 8 nitrogen and oxygen atoms in total. The van der Waals surface area contributed by atoms with E-state index in [4.69, 9.17) is 28.0 Å². The number of anilines is 1. The van der Waals surface area contributed by atoms with Crippen molar-refractivity contribution in [2.24, 2.45) is 10.8 Å². The monoisotopic (exact) mass is 302 g/mol. The van der Waals surface area contributed by atoms with Gasteiger partial charge in [0.25, 0.3) is 5.69 Å². The van der Waals surface area contributed by atoms with Gasteiger partial charge in [-0.25, -0.2) is 8.78 Å². The van der Waals surface area contributed by atoms with Gasteiger partial charge in [-0.3, -0.25) is 20.9 Å². The Labute approximate surface area is 115 Å². The van der Waals surface area contributed by atoms with E-state index in [1.54, 1.807) is 0 Å². The summed E-state index contributed by atoms with van der Waals surface area (Å²) in [5.41, 5.74) is 4.35. The fourth-order valence-electron chi connectivity index (χ4n) is 1.09. The first-order chi connectivity index (χ1) is 9.29. The highest BCUT2D eigenvalue weighted by Crippen LogP contribution is 2.34. The van der Waals surface area contributed by atoms with Gasteiger partial charge in [0.2, 0.25) is 5.71 Å². The Hall–Kier alpha value is -2.80. The van der Waals surface area contributed by atoms with Crippen molar-refractivity contribution < 1.29 is 13.7 Å². The summed E-state index contributed by atoms with van der Waals surface area (Å²) in [6.45, 7) is 0. The molecule has 104 valence electrons. The molecule has 11 heteroatoms. The van der Waals surface area contributed by atoms with E-state index in [2.05, 4.69) is 5.10 Å². The summed E-state index contributed by atoms with van der Waals surface area (Å²) >= 11 is 5.28. The second-order valence-corrected chi connectivity index (χ2v) is 3.61. The number of nitrogens with zero attached hydrogens (tertiary/aromatic N) is 3. The molecule has 0 bridgehead atoms. The normalized spacial score (nSPS) is 10.8. The number of rotatable bonds is 4. The molecule has 1 rings (SSSR count). The lowest BCUT2D eigenvalue weighted by Crippen LogP contribution is -2.22. The van der Waals surface area contributed by atoms with E-state index < -0.39 is 44.5 Å². The predicted octanol–water partition coefficient (Wildman–Crippen LogP) is 1.75. The van der Waals surface area contributed by atoms with E-state index in [0.29, 0.717) is 6.07 Å². The molecule has 0 aliphatic heterocycles. The highest BCUT2D eigenvalue weighted by atomic mass is 35.5. The summed E-state index contributed by atoms with van der Waals surface area (Å²) < 4.78 is 26.8. The van der Waals surface area contributed by atoms with E-state index in [9.17, 15) is 18.9 Å². The van der Waals surface area contributed by atoms with Crippen LogP contribution in [0.25, 0.3) is 0 Å². The van der Waals surface area contributed by atoms with Crippen molar-refractivity contribution in [3.63, 3.8) is 0 Å². The molecule has 0 atom stereocenters. The van der Waals surface area contributed by atoms with Crippen molar-refractivity contribution in [3.8, 4) is 6.07 Å². The Balaban J connectivity index is 3.38. The average molecular weight is 303 g/mol. The van der Waals surface area contributed by atoms with Gasteiger partial charge in [-0.05, 0) is 0 Å². The summed E-state index contributed by atoms with van der Waals surface area (Å²) in [4.78, 5) is 9.63. The molecule has 0 amide bonds. The number of hydrazone groups is 1. The minimum absolute atomic E-state index is 0.392. The lowest BCUT2D eigenvalue weighted by molar-refractivity contribution is -0.384. The topological polar surface area (TPSA) is 141 Å². The molecule has 0 aliphatic carbocycles. The van der Waals surface area contributed by atoms with Crippen LogP contribution in [0.15, 0.2) is 11.2 Å². The number of benzene rings is 1. The van der Waals surface area contributed by atoms with Gasteiger partial charge in [0.1, 0.15) is 11.1 Å². The zero-order chi connectivity index (χ0) is 15.4. The second-order valence-electron chi connectivity index (χ2n) is 3.24. The van der Waals surface area contributed by atoms with Crippen LogP contribution < -0.4 is 11.2 Å². The van der Waals surface area contributed by atoms with Crippen LogP contribution in [0.2, 0.25) is 5.02 Å². The van der Waals surface area contributed by atoms with Crippen LogP contribution in [-0.4, -0.2) is 16.5 Å². The fourth-order valence-corrected chi connectivity index (χ4v) is 1.24. The average Bonchev–Trinajstić information content (AvgIpc) is 2.38. The number of nitro groups is 1. The van der Waals surface area contributed by atoms with Crippen LogP contribution in [-0.2, 0) is 0 Å². The van der Waals surface area contributed by atoms with Crippen molar-refractivity contribution in [1.29, 1.82) is 10.7 Å². The lowest BCUT2D eigenvalue weighted by Gasteiger charge is -2.06. The summed E-state index contributed by atoms with van der Waals surface area (Å²) in [5.74, 6) is -3.52. The Kier molecular flexibility index (Phi) is 4.50. The summed E-state index contributed by atoms with van der Waals surface area (Å²) in [6.07, 6.45) is 0. The van der Waals surface area contributed by atoms with Gasteiger partial charge in [-0.1, -0.05) is 11.6 Å². The third kappa shape index (κ3) is 2.96. The highest BCUT2D eigenvalue weighted by Gasteiger charge is 2.24. The maximum absolute atomic E-state index is 13.7. The van der Waals surface area contributed by atoms with E-state index in [0.717, 1.165) is 0 Å². The first-order valence-electron chi connectivity index (χ1n) is 4.69. The maximum atomic E-state index is 13.7. The summed E-state index contributed by atoms with van der Waals surface area (Å²) in [7, 11) is 0. The Bertz CT molecular complexity index is 669. The minimum Gasteiger partial charge on any atom is -0.382 e. The van der Waals surface area contributed by atoms with Crippen molar-refractivity contribution in [2.75, 3.05) is 5.43 Å². The fraction of sp³-hybridized carbons (Fsp3) is 0. The SMILES string of the molecule is N#C/C(=N\Nc1c([N+](=O)[O-])cc(F)c(Cl)c1F)C(=N)N. The van der Waals surface area contributed by atoms with Crippen LogP contribution in [0.3, 0.4) is 0 Å². The first-order valence-corrected chi connectivity index (χ1v) is 5.07. The van der Waals surface area contributed by atoms with Gasteiger partial charge in [0, 0.05) is 0 Å². The molecule has 1 aromatic carbocycles. The lowest BCUT2D eigenvalue weighted by atomic mass is 10.2. The molecule has 0 unspecified atom stereocenters. The third-order valence-electron chi connectivity index (χ3n) is 1.98.